The average molecular weight is 393 g/mol. The lowest BCUT2D eigenvalue weighted by atomic mass is 10.0. The monoisotopic (exact) mass is 392 g/mol. The molecule has 1 amide bonds. The van der Waals surface area contributed by atoms with Crippen LogP contribution in [0.25, 0.3) is 0 Å². The summed E-state index contributed by atoms with van der Waals surface area (Å²) in [6.45, 7) is 5.88. The molecule has 1 aromatic carbocycles. The Labute approximate surface area is 156 Å². The van der Waals surface area contributed by atoms with Crippen molar-refractivity contribution in [1.82, 2.24) is 9.71 Å². The number of amidine groups is 1. The minimum atomic E-state index is -3.63. The number of hydrogen-bond acceptors (Lipinski definition) is 6. The van der Waals surface area contributed by atoms with Gasteiger partial charge in [-0.05, 0) is 31.4 Å². The van der Waals surface area contributed by atoms with E-state index in [0.717, 1.165) is 4.88 Å². The smallest absolute Gasteiger partial charge is 0.263 e. The second-order valence-electron chi connectivity index (χ2n) is 6.49. The predicted octanol–water partition coefficient (Wildman–Crippen LogP) is 2.54. The van der Waals surface area contributed by atoms with Crippen molar-refractivity contribution in [3.05, 3.63) is 40.9 Å². The van der Waals surface area contributed by atoms with Gasteiger partial charge in [-0.15, -0.1) is 11.3 Å². The van der Waals surface area contributed by atoms with Gasteiger partial charge in [0.05, 0.1) is 4.90 Å². The molecule has 0 saturated carbocycles. The summed E-state index contributed by atoms with van der Waals surface area (Å²) in [5.41, 5.74) is 0.485. The molecule has 1 aliphatic heterocycles. The molecule has 2 heterocycles. The number of carbonyl (C=O) groups excluding carboxylic acids is 1. The van der Waals surface area contributed by atoms with Gasteiger partial charge < -0.3 is 5.32 Å². The van der Waals surface area contributed by atoms with E-state index >= 15 is 0 Å². The highest BCUT2D eigenvalue weighted by molar-refractivity contribution is 7.90. The van der Waals surface area contributed by atoms with Crippen LogP contribution in [0.1, 0.15) is 30.7 Å². The van der Waals surface area contributed by atoms with Crippen LogP contribution in [0.15, 0.2) is 40.4 Å². The van der Waals surface area contributed by atoms with Crippen molar-refractivity contribution in [1.29, 1.82) is 0 Å². The first-order valence-corrected chi connectivity index (χ1v) is 10.5. The largest absolute Gasteiger partial charge is 0.300 e. The Kier molecular flexibility index (Phi) is 5.10. The molecule has 9 heteroatoms. The summed E-state index contributed by atoms with van der Waals surface area (Å²) < 4.78 is 26.9. The van der Waals surface area contributed by atoms with E-state index in [-0.39, 0.29) is 22.6 Å². The lowest BCUT2D eigenvalue weighted by Gasteiger charge is -2.15. The summed E-state index contributed by atoms with van der Waals surface area (Å²) in [7, 11) is -3.63. The maximum atomic E-state index is 12.7. The second kappa shape index (κ2) is 7.16. The van der Waals surface area contributed by atoms with Crippen molar-refractivity contribution in [2.24, 2.45) is 10.9 Å². The Morgan fingerprint density at radius 3 is 2.73 bits per heavy atom. The van der Waals surface area contributed by atoms with Crippen molar-refractivity contribution in [2.75, 3.05) is 5.32 Å². The van der Waals surface area contributed by atoms with E-state index in [2.05, 4.69) is 20.0 Å². The number of nitrogens with one attached hydrogen (secondary N) is 2. The van der Waals surface area contributed by atoms with Gasteiger partial charge in [0.2, 0.25) is 0 Å². The molecule has 138 valence electrons. The quantitative estimate of drug-likeness (QED) is 0.816. The van der Waals surface area contributed by atoms with Crippen molar-refractivity contribution in [3.63, 3.8) is 0 Å². The molecular formula is C17H20N4O3S2. The zero-order chi connectivity index (χ0) is 18.9. The summed E-state index contributed by atoms with van der Waals surface area (Å²) in [6, 6.07) is 5.88. The van der Waals surface area contributed by atoms with Crippen LogP contribution in [0.4, 0.5) is 5.13 Å². The minimum Gasteiger partial charge on any atom is -0.300 e. The van der Waals surface area contributed by atoms with Crippen LogP contribution in [0.3, 0.4) is 0 Å². The third-order valence-corrected chi connectivity index (χ3v) is 6.02. The van der Waals surface area contributed by atoms with Crippen molar-refractivity contribution < 1.29 is 13.2 Å². The summed E-state index contributed by atoms with van der Waals surface area (Å²) in [5, 5.41) is 3.28. The number of benzene rings is 1. The maximum Gasteiger partial charge on any atom is 0.263 e. The standard InChI is InChI=1S/C17H20N4O3S2/c1-10(2)8-13(16(22)20-17-18-9-11(3)25-17)19-15-12-6-4-5-7-14(12)26(23,24)21-15/h4-7,9-10,13H,8H2,1-3H3,(H,19,21)(H,18,20,22). The van der Waals surface area contributed by atoms with E-state index in [0.29, 0.717) is 17.1 Å². The van der Waals surface area contributed by atoms with Crippen LogP contribution in [0.5, 0.6) is 0 Å². The van der Waals surface area contributed by atoms with Gasteiger partial charge in [-0.2, -0.15) is 0 Å². The van der Waals surface area contributed by atoms with Crippen LogP contribution < -0.4 is 10.0 Å². The maximum absolute atomic E-state index is 12.7. The fourth-order valence-electron chi connectivity index (χ4n) is 2.65. The van der Waals surface area contributed by atoms with E-state index in [4.69, 9.17) is 0 Å². The third-order valence-electron chi connectivity index (χ3n) is 3.80. The molecule has 2 N–H and O–H groups in total. The van der Waals surface area contributed by atoms with Crippen LogP contribution in [-0.4, -0.2) is 31.2 Å². The van der Waals surface area contributed by atoms with E-state index in [1.807, 2.05) is 20.8 Å². The van der Waals surface area contributed by atoms with Gasteiger partial charge in [-0.25, -0.2) is 13.4 Å². The van der Waals surface area contributed by atoms with Gasteiger partial charge in [-0.3, -0.25) is 14.5 Å². The predicted molar refractivity (Wildman–Crippen MR) is 102 cm³/mol. The Hall–Kier alpha value is -2.26. The third kappa shape index (κ3) is 3.94. The summed E-state index contributed by atoms with van der Waals surface area (Å²) in [6.07, 6.45) is 2.18. The van der Waals surface area contributed by atoms with E-state index in [1.54, 1.807) is 24.4 Å². The summed E-state index contributed by atoms with van der Waals surface area (Å²) in [5.74, 6) is 0.113. The van der Waals surface area contributed by atoms with Crippen molar-refractivity contribution >= 4 is 38.2 Å². The van der Waals surface area contributed by atoms with Crippen LogP contribution in [0.2, 0.25) is 0 Å². The first-order chi connectivity index (χ1) is 12.3. The molecule has 1 atom stereocenters. The number of carbonyl (C=O) groups is 1. The molecule has 1 aromatic heterocycles. The topological polar surface area (TPSA) is 101 Å². The highest BCUT2D eigenvalue weighted by Gasteiger charge is 2.32. The van der Waals surface area contributed by atoms with Gasteiger partial charge >= 0.3 is 0 Å². The minimum absolute atomic E-state index is 0.179. The summed E-state index contributed by atoms with van der Waals surface area (Å²) >= 11 is 1.38. The van der Waals surface area contributed by atoms with E-state index < -0.39 is 16.1 Å². The zero-order valence-electron chi connectivity index (χ0n) is 14.7. The van der Waals surface area contributed by atoms with Gasteiger partial charge in [0.25, 0.3) is 15.9 Å². The number of nitrogens with zero attached hydrogens (tertiary/aromatic N) is 2. The molecule has 1 unspecified atom stereocenters. The van der Waals surface area contributed by atoms with Crippen LogP contribution >= 0.6 is 11.3 Å². The number of anilines is 1. The number of aryl methyl sites for hydroxylation is 1. The molecule has 0 fully saturated rings. The highest BCUT2D eigenvalue weighted by atomic mass is 32.2. The van der Waals surface area contributed by atoms with Crippen LogP contribution in [0, 0.1) is 12.8 Å². The molecule has 0 aliphatic carbocycles. The number of hydrogen-bond donors (Lipinski definition) is 2. The van der Waals surface area contributed by atoms with E-state index in [9.17, 15) is 13.2 Å². The van der Waals surface area contributed by atoms with Crippen molar-refractivity contribution in [2.45, 2.75) is 38.1 Å². The molecule has 0 bridgehead atoms. The molecule has 0 saturated heterocycles. The SMILES string of the molecule is Cc1cnc(NC(=O)C(CC(C)C)N=C2NS(=O)(=O)c3ccccc32)s1. The first-order valence-electron chi connectivity index (χ1n) is 8.19. The van der Waals surface area contributed by atoms with Crippen molar-refractivity contribution in [3.8, 4) is 0 Å². The second-order valence-corrected chi connectivity index (χ2v) is 9.38. The number of thiazole rings is 1. The lowest BCUT2D eigenvalue weighted by molar-refractivity contribution is -0.117. The number of sulfonamides is 1. The molecule has 1 aliphatic rings. The summed E-state index contributed by atoms with van der Waals surface area (Å²) in [4.78, 5) is 22.4. The number of aromatic nitrogens is 1. The average Bonchev–Trinajstić information content (AvgIpc) is 3.08. The molecule has 2 aromatic rings. The number of fused-ring (bicyclic) bond motifs is 1. The van der Waals surface area contributed by atoms with Crippen LogP contribution in [-0.2, 0) is 14.8 Å². The number of amides is 1. The molecule has 0 spiro atoms. The molecule has 7 nitrogen and oxygen atoms in total. The molecule has 26 heavy (non-hydrogen) atoms. The van der Waals surface area contributed by atoms with Gasteiger partial charge in [-0.1, -0.05) is 26.0 Å². The number of rotatable bonds is 5. The molecule has 3 rings (SSSR count). The lowest BCUT2D eigenvalue weighted by Crippen LogP contribution is -2.31. The number of aliphatic imine (C=N–C) groups is 1. The normalized spacial score (nSPS) is 17.8. The zero-order valence-corrected chi connectivity index (χ0v) is 16.3. The highest BCUT2D eigenvalue weighted by Crippen LogP contribution is 2.24. The Balaban J connectivity index is 1.91. The van der Waals surface area contributed by atoms with Gasteiger partial charge in [0, 0.05) is 16.6 Å². The van der Waals surface area contributed by atoms with E-state index in [1.165, 1.54) is 17.4 Å². The fourth-order valence-corrected chi connectivity index (χ4v) is 4.56. The van der Waals surface area contributed by atoms with Gasteiger partial charge in [0.1, 0.15) is 11.9 Å². The Bertz CT molecular complexity index is 964. The van der Waals surface area contributed by atoms with Gasteiger partial charge in [0.15, 0.2) is 5.13 Å². The fraction of sp³-hybridized carbons (Fsp3) is 0.353. The Morgan fingerprint density at radius 1 is 1.35 bits per heavy atom. The molecule has 0 radical (unpaired) electrons. The molecular weight excluding hydrogens is 372 g/mol. The first kappa shape index (κ1) is 18.5. The Morgan fingerprint density at radius 2 is 2.08 bits per heavy atom.